The Balaban J connectivity index is 2.48. The van der Waals surface area contributed by atoms with Gasteiger partial charge in [0.1, 0.15) is 0 Å². The van der Waals surface area contributed by atoms with Crippen molar-refractivity contribution < 1.29 is 0 Å². The van der Waals surface area contributed by atoms with Gasteiger partial charge in [0.05, 0.1) is 0 Å². The van der Waals surface area contributed by atoms with Crippen LogP contribution in [0, 0.1) is 0 Å². The van der Waals surface area contributed by atoms with Crippen molar-refractivity contribution >= 4 is 17.4 Å². The predicted octanol–water partition coefficient (Wildman–Crippen LogP) is 5.02. The summed E-state index contributed by atoms with van der Waals surface area (Å²) >= 11 is 1.71. The molecule has 2 aromatic rings. The van der Waals surface area contributed by atoms with Gasteiger partial charge in [-0.3, -0.25) is 0 Å². The monoisotopic (exact) mass is 241 g/mol. The number of rotatable bonds is 3. The Morgan fingerprint density at radius 3 is 2.41 bits per heavy atom. The molecular weight excluding hydrogens is 230 g/mol. The molecule has 0 saturated carbocycles. The quantitative estimate of drug-likeness (QED) is 0.322. The van der Waals surface area contributed by atoms with Crippen molar-refractivity contribution in [3.05, 3.63) is 59.0 Å². The highest BCUT2D eigenvalue weighted by Gasteiger charge is 2.02. The minimum Gasteiger partial charge on any atom is -0.130 e. The van der Waals surface area contributed by atoms with Crippen LogP contribution in [0.25, 0.3) is 21.6 Å². The van der Waals surface area contributed by atoms with E-state index in [0.717, 1.165) is 11.1 Å². The van der Waals surface area contributed by atoms with E-state index in [4.69, 9.17) is 5.53 Å². The number of hydrogen-bond acceptors (Lipinski definition) is 2. The highest BCUT2D eigenvalue weighted by molar-refractivity contribution is 7.98. The molecule has 0 aliphatic carbocycles. The van der Waals surface area contributed by atoms with E-state index in [1.54, 1.807) is 11.8 Å². The SMILES string of the molecule is CSc1ccc(-c2ccccc2N=[N+]=[N-])cc1. The van der Waals surface area contributed by atoms with Crippen LogP contribution in [-0.2, 0) is 0 Å². The van der Waals surface area contributed by atoms with Gasteiger partial charge in [0.15, 0.2) is 0 Å². The molecule has 0 atom stereocenters. The highest BCUT2D eigenvalue weighted by Crippen LogP contribution is 2.31. The Morgan fingerprint density at radius 2 is 1.76 bits per heavy atom. The zero-order valence-electron chi connectivity index (χ0n) is 9.37. The van der Waals surface area contributed by atoms with Crippen LogP contribution in [0.3, 0.4) is 0 Å². The van der Waals surface area contributed by atoms with Gasteiger partial charge in [0, 0.05) is 15.5 Å². The van der Waals surface area contributed by atoms with Crippen LogP contribution >= 0.6 is 11.8 Å². The number of nitrogens with zero attached hydrogens (tertiary/aromatic N) is 3. The summed E-state index contributed by atoms with van der Waals surface area (Å²) in [5, 5.41) is 3.70. The molecular formula is C13H11N3S. The molecule has 0 unspecified atom stereocenters. The molecule has 0 bridgehead atoms. The van der Waals surface area contributed by atoms with E-state index in [-0.39, 0.29) is 0 Å². The van der Waals surface area contributed by atoms with E-state index in [9.17, 15) is 0 Å². The Labute approximate surface area is 104 Å². The summed E-state index contributed by atoms with van der Waals surface area (Å²) in [4.78, 5) is 4.06. The topological polar surface area (TPSA) is 48.8 Å². The van der Waals surface area contributed by atoms with Crippen molar-refractivity contribution in [2.45, 2.75) is 4.90 Å². The third kappa shape index (κ3) is 2.61. The van der Waals surface area contributed by atoms with Gasteiger partial charge in [-0.1, -0.05) is 41.5 Å². The average molecular weight is 241 g/mol. The molecule has 0 amide bonds. The van der Waals surface area contributed by atoms with Crippen LogP contribution in [-0.4, -0.2) is 6.26 Å². The maximum atomic E-state index is 8.53. The Hall–Kier alpha value is -1.90. The lowest BCUT2D eigenvalue weighted by Gasteiger charge is -2.05. The minimum absolute atomic E-state index is 0.659. The summed E-state index contributed by atoms with van der Waals surface area (Å²) in [6.07, 6.45) is 2.04. The average Bonchev–Trinajstić information content (AvgIpc) is 2.40. The Bertz CT molecular complexity index is 557. The second kappa shape index (κ2) is 5.43. The zero-order chi connectivity index (χ0) is 12.1. The number of benzene rings is 2. The lowest BCUT2D eigenvalue weighted by Crippen LogP contribution is -1.78. The van der Waals surface area contributed by atoms with E-state index in [1.165, 1.54) is 4.90 Å². The fraction of sp³-hybridized carbons (Fsp3) is 0.0769. The first-order valence-electron chi connectivity index (χ1n) is 5.13. The Morgan fingerprint density at radius 1 is 1.06 bits per heavy atom. The van der Waals surface area contributed by atoms with Gasteiger partial charge >= 0.3 is 0 Å². The van der Waals surface area contributed by atoms with Gasteiger partial charge in [-0.05, 0) is 35.0 Å². The van der Waals surface area contributed by atoms with Gasteiger partial charge in [-0.15, -0.1) is 11.8 Å². The summed E-state index contributed by atoms with van der Waals surface area (Å²) in [5.41, 5.74) is 11.2. The zero-order valence-corrected chi connectivity index (χ0v) is 10.2. The molecule has 0 N–H and O–H groups in total. The summed E-state index contributed by atoms with van der Waals surface area (Å²) in [7, 11) is 0. The van der Waals surface area contributed by atoms with Crippen LogP contribution in [0.5, 0.6) is 0 Å². The van der Waals surface area contributed by atoms with Gasteiger partial charge in [0.2, 0.25) is 0 Å². The number of thioether (sulfide) groups is 1. The third-order valence-electron chi connectivity index (χ3n) is 2.46. The fourth-order valence-electron chi connectivity index (χ4n) is 1.62. The van der Waals surface area contributed by atoms with Crippen molar-refractivity contribution in [2.75, 3.05) is 6.26 Å². The van der Waals surface area contributed by atoms with E-state index < -0.39 is 0 Å². The molecule has 84 valence electrons. The molecule has 0 aliphatic heterocycles. The first-order valence-corrected chi connectivity index (χ1v) is 6.36. The predicted molar refractivity (Wildman–Crippen MR) is 72.5 cm³/mol. The highest BCUT2D eigenvalue weighted by atomic mass is 32.2. The molecule has 0 radical (unpaired) electrons. The standard InChI is InChI=1S/C13H11N3S/c1-17-11-8-6-10(7-9-11)12-4-2-3-5-13(12)15-16-14/h2-9H,1H3. The van der Waals surface area contributed by atoms with Crippen molar-refractivity contribution in [1.29, 1.82) is 0 Å². The maximum absolute atomic E-state index is 8.53. The van der Waals surface area contributed by atoms with Gasteiger partial charge in [-0.25, -0.2) is 0 Å². The van der Waals surface area contributed by atoms with Crippen LogP contribution in [0.15, 0.2) is 58.5 Å². The minimum atomic E-state index is 0.659. The Kier molecular flexibility index (Phi) is 3.70. The van der Waals surface area contributed by atoms with Crippen molar-refractivity contribution in [3.8, 4) is 11.1 Å². The number of azide groups is 1. The van der Waals surface area contributed by atoms with E-state index in [1.807, 2.05) is 42.7 Å². The van der Waals surface area contributed by atoms with Gasteiger partial charge < -0.3 is 0 Å². The maximum Gasteiger partial charge on any atom is 0.0453 e. The molecule has 17 heavy (non-hydrogen) atoms. The lowest BCUT2D eigenvalue weighted by molar-refractivity contribution is 1.43. The lowest BCUT2D eigenvalue weighted by atomic mass is 10.0. The molecule has 2 aromatic carbocycles. The fourth-order valence-corrected chi connectivity index (χ4v) is 2.03. The number of hydrogen-bond donors (Lipinski definition) is 0. The van der Waals surface area contributed by atoms with E-state index in [2.05, 4.69) is 22.2 Å². The van der Waals surface area contributed by atoms with Gasteiger partial charge in [0.25, 0.3) is 0 Å². The molecule has 0 aliphatic rings. The van der Waals surface area contributed by atoms with Crippen molar-refractivity contribution in [1.82, 2.24) is 0 Å². The second-order valence-corrected chi connectivity index (χ2v) is 4.31. The molecule has 2 rings (SSSR count). The van der Waals surface area contributed by atoms with Crippen LogP contribution in [0.1, 0.15) is 0 Å². The second-order valence-electron chi connectivity index (χ2n) is 3.44. The van der Waals surface area contributed by atoms with Crippen LogP contribution in [0.4, 0.5) is 5.69 Å². The molecule has 0 heterocycles. The molecule has 4 heteroatoms. The first kappa shape index (κ1) is 11.6. The van der Waals surface area contributed by atoms with Crippen LogP contribution < -0.4 is 0 Å². The molecule has 0 fully saturated rings. The van der Waals surface area contributed by atoms with Gasteiger partial charge in [-0.2, -0.15) is 0 Å². The van der Waals surface area contributed by atoms with Crippen molar-refractivity contribution in [3.63, 3.8) is 0 Å². The summed E-state index contributed by atoms with van der Waals surface area (Å²) < 4.78 is 0. The summed E-state index contributed by atoms with van der Waals surface area (Å²) in [5.74, 6) is 0. The molecule has 0 aromatic heterocycles. The summed E-state index contributed by atoms with van der Waals surface area (Å²) in [6, 6.07) is 15.8. The first-order chi connectivity index (χ1) is 8.35. The van der Waals surface area contributed by atoms with Crippen molar-refractivity contribution in [2.24, 2.45) is 5.11 Å². The largest absolute Gasteiger partial charge is 0.130 e. The third-order valence-corrected chi connectivity index (χ3v) is 3.20. The molecule has 3 nitrogen and oxygen atoms in total. The molecule has 0 spiro atoms. The molecule has 0 saturated heterocycles. The van der Waals surface area contributed by atoms with E-state index >= 15 is 0 Å². The van der Waals surface area contributed by atoms with Crippen LogP contribution in [0.2, 0.25) is 0 Å². The summed E-state index contributed by atoms with van der Waals surface area (Å²) in [6.45, 7) is 0. The smallest absolute Gasteiger partial charge is 0.0453 e. The van der Waals surface area contributed by atoms with E-state index in [0.29, 0.717) is 5.69 Å². The normalized spacial score (nSPS) is 9.71.